The zero-order chi connectivity index (χ0) is 12.4. The van der Waals surface area contributed by atoms with Crippen LogP contribution < -0.4 is 5.32 Å². The molecule has 0 radical (unpaired) electrons. The fourth-order valence-electron chi connectivity index (χ4n) is 1.23. The van der Waals surface area contributed by atoms with E-state index in [0.717, 1.165) is 4.88 Å². The van der Waals surface area contributed by atoms with Crippen LogP contribution in [0.3, 0.4) is 0 Å². The van der Waals surface area contributed by atoms with Crippen molar-refractivity contribution in [1.29, 1.82) is 0 Å². The van der Waals surface area contributed by atoms with Gasteiger partial charge in [0.05, 0.1) is 9.90 Å². The Morgan fingerprint density at radius 3 is 2.88 bits per heavy atom. The number of anilines is 1. The molecule has 0 fully saturated rings. The van der Waals surface area contributed by atoms with Gasteiger partial charge in [0.2, 0.25) is 5.95 Å². The molecule has 1 N–H and O–H groups in total. The highest BCUT2D eigenvalue weighted by Gasteiger charge is 2.12. The molecular weight excluding hydrogens is 263 g/mol. The van der Waals surface area contributed by atoms with Crippen molar-refractivity contribution in [1.82, 2.24) is 4.98 Å². The van der Waals surface area contributed by atoms with Crippen molar-refractivity contribution in [2.75, 3.05) is 5.32 Å². The number of hydrogen-bond donors (Lipinski definition) is 1. The largest absolute Gasteiger partial charge is 0.306 e. The molecule has 0 unspecified atom stereocenters. The lowest BCUT2D eigenvalue weighted by Gasteiger charge is -2.01. The molecule has 2 rings (SSSR count). The standard InChI is InChI=1S/C11H8ClFN2OS/c1-6-7(12)5-8(17-6)11(16)15-10-4-2-3-9(13)14-10/h2-5H,1H3,(H,14,15,16). The van der Waals surface area contributed by atoms with Gasteiger partial charge in [0, 0.05) is 4.88 Å². The summed E-state index contributed by atoms with van der Waals surface area (Å²) in [7, 11) is 0. The Hall–Kier alpha value is -1.46. The Kier molecular flexibility index (Phi) is 3.40. The molecule has 0 aliphatic rings. The summed E-state index contributed by atoms with van der Waals surface area (Å²) in [5.41, 5.74) is 0. The highest BCUT2D eigenvalue weighted by Crippen LogP contribution is 2.26. The van der Waals surface area contributed by atoms with Crippen LogP contribution in [0.15, 0.2) is 24.3 Å². The molecule has 0 aromatic carbocycles. The van der Waals surface area contributed by atoms with Crippen LogP contribution in [0.4, 0.5) is 10.2 Å². The lowest BCUT2D eigenvalue weighted by molar-refractivity contribution is 0.103. The number of halogens is 2. The third-order valence-corrected chi connectivity index (χ3v) is 3.59. The summed E-state index contributed by atoms with van der Waals surface area (Å²) >= 11 is 7.14. The summed E-state index contributed by atoms with van der Waals surface area (Å²) in [5.74, 6) is -0.802. The fraction of sp³-hybridized carbons (Fsp3) is 0.0909. The van der Waals surface area contributed by atoms with Gasteiger partial charge in [-0.25, -0.2) is 4.98 Å². The van der Waals surface area contributed by atoms with Crippen LogP contribution in [0.5, 0.6) is 0 Å². The minimum absolute atomic E-state index is 0.178. The lowest BCUT2D eigenvalue weighted by atomic mass is 10.4. The van der Waals surface area contributed by atoms with Gasteiger partial charge >= 0.3 is 0 Å². The van der Waals surface area contributed by atoms with E-state index < -0.39 is 5.95 Å². The molecule has 88 valence electrons. The second-order valence-corrected chi connectivity index (χ2v) is 4.98. The van der Waals surface area contributed by atoms with Gasteiger partial charge in [-0.3, -0.25) is 4.79 Å². The molecule has 3 nitrogen and oxygen atoms in total. The number of nitrogens with zero attached hydrogens (tertiary/aromatic N) is 1. The van der Waals surface area contributed by atoms with E-state index in [4.69, 9.17) is 11.6 Å². The third kappa shape index (κ3) is 2.81. The number of aromatic nitrogens is 1. The Labute approximate surface area is 106 Å². The van der Waals surface area contributed by atoms with Crippen LogP contribution in [0.2, 0.25) is 5.02 Å². The van der Waals surface area contributed by atoms with E-state index in [2.05, 4.69) is 10.3 Å². The van der Waals surface area contributed by atoms with E-state index in [1.807, 2.05) is 6.92 Å². The van der Waals surface area contributed by atoms with Crippen molar-refractivity contribution in [3.8, 4) is 0 Å². The highest BCUT2D eigenvalue weighted by atomic mass is 35.5. The first kappa shape index (κ1) is 12.0. The van der Waals surface area contributed by atoms with E-state index in [9.17, 15) is 9.18 Å². The third-order valence-electron chi connectivity index (χ3n) is 2.04. The predicted octanol–water partition coefficient (Wildman–Crippen LogP) is 3.50. The van der Waals surface area contributed by atoms with Crippen LogP contribution in [-0.4, -0.2) is 10.9 Å². The quantitative estimate of drug-likeness (QED) is 0.849. The smallest absolute Gasteiger partial charge is 0.266 e. The zero-order valence-electron chi connectivity index (χ0n) is 8.83. The molecule has 0 spiro atoms. The van der Waals surface area contributed by atoms with Gasteiger partial charge in [-0.05, 0) is 25.1 Å². The van der Waals surface area contributed by atoms with Gasteiger partial charge < -0.3 is 5.32 Å². The maximum Gasteiger partial charge on any atom is 0.266 e. The summed E-state index contributed by atoms with van der Waals surface area (Å²) in [5, 5.41) is 3.05. The van der Waals surface area contributed by atoms with Crippen molar-refractivity contribution in [2.24, 2.45) is 0 Å². The molecule has 2 aromatic rings. The highest BCUT2D eigenvalue weighted by molar-refractivity contribution is 7.14. The first-order valence-corrected chi connectivity index (χ1v) is 5.95. The van der Waals surface area contributed by atoms with Crippen LogP contribution in [0, 0.1) is 12.9 Å². The minimum atomic E-state index is -0.636. The van der Waals surface area contributed by atoms with Crippen molar-refractivity contribution in [3.63, 3.8) is 0 Å². The number of thiophene rings is 1. The molecule has 6 heteroatoms. The number of nitrogens with one attached hydrogen (secondary N) is 1. The molecule has 0 saturated carbocycles. The number of pyridine rings is 1. The van der Waals surface area contributed by atoms with E-state index >= 15 is 0 Å². The van der Waals surface area contributed by atoms with Gasteiger partial charge in [-0.15, -0.1) is 11.3 Å². The second kappa shape index (κ2) is 4.81. The number of rotatable bonds is 2. The number of carbonyl (C=O) groups excluding carboxylic acids is 1. The average Bonchev–Trinajstić information content (AvgIpc) is 2.59. The van der Waals surface area contributed by atoms with Gasteiger partial charge in [0.1, 0.15) is 5.82 Å². The minimum Gasteiger partial charge on any atom is -0.306 e. The van der Waals surface area contributed by atoms with Gasteiger partial charge in [0.25, 0.3) is 5.91 Å². The Morgan fingerprint density at radius 1 is 1.53 bits per heavy atom. The normalized spacial score (nSPS) is 10.3. The number of aryl methyl sites for hydroxylation is 1. The van der Waals surface area contributed by atoms with Crippen LogP contribution in [-0.2, 0) is 0 Å². The van der Waals surface area contributed by atoms with Crippen LogP contribution >= 0.6 is 22.9 Å². The van der Waals surface area contributed by atoms with Crippen molar-refractivity contribution in [2.45, 2.75) is 6.92 Å². The van der Waals surface area contributed by atoms with Gasteiger partial charge in [0.15, 0.2) is 0 Å². The van der Waals surface area contributed by atoms with Crippen LogP contribution in [0.1, 0.15) is 14.5 Å². The topological polar surface area (TPSA) is 42.0 Å². The summed E-state index contributed by atoms with van der Waals surface area (Å²) in [4.78, 5) is 16.6. The molecule has 0 aliphatic heterocycles. The summed E-state index contributed by atoms with van der Waals surface area (Å²) < 4.78 is 12.8. The first-order chi connectivity index (χ1) is 8.06. The maximum atomic E-state index is 12.8. The Balaban J connectivity index is 2.17. The second-order valence-electron chi connectivity index (χ2n) is 3.31. The Bertz CT molecular complexity index is 551. The van der Waals surface area contributed by atoms with Crippen LogP contribution in [0.25, 0.3) is 0 Å². The van der Waals surface area contributed by atoms with E-state index in [1.165, 1.54) is 29.5 Å². The number of amides is 1. The van der Waals surface area contributed by atoms with E-state index in [-0.39, 0.29) is 11.7 Å². The number of hydrogen-bond acceptors (Lipinski definition) is 3. The molecule has 0 bridgehead atoms. The fourth-order valence-corrected chi connectivity index (χ4v) is 2.32. The summed E-state index contributed by atoms with van der Waals surface area (Å²) in [6.45, 7) is 1.82. The Morgan fingerprint density at radius 2 is 2.29 bits per heavy atom. The van der Waals surface area contributed by atoms with Gasteiger partial charge in [-0.2, -0.15) is 4.39 Å². The van der Waals surface area contributed by atoms with E-state index in [0.29, 0.717) is 9.90 Å². The molecule has 1 amide bonds. The zero-order valence-corrected chi connectivity index (χ0v) is 10.4. The summed E-state index contributed by atoms with van der Waals surface area (Å²) in [6.07, 6.45) is 0. The molecule has 0 aliphatic carbocycles. The van der Waals surface area contributed by atoms with Crippen molar-refractivity contribution in [3.05, 3.63) is 45.0 Å². The maximum absolute atomic E-state index is 12.8. The predicted molar refractivity (Wildman–Crippen MR) is 66.2 cm³/mol. The molecular formula is C11H8ClFN2OS. The molecule has 17 heavy (non-hydrogen) atoms. The molecule has 2 aromatic heterocycles. The van der Waals surface area contributed by atoms with Crippen molar-refractivity contribution >= 4 is 34.7 Å². The SMILES string of the molecule is Cc1sc(C(=O)Nc2cccc(F)n2)cc1Cl. The average molecular weight is 271 g/mol. The van der Waals surface area contributed by atoms with Crippen molar-refractivity contribution < 1.29 is 9.18 Å². The van der Waals surface area contributed by atoms with E-state index in [1.54, 1.807) is 6.07 Å². The number of carbonyl (C=O) groups is 1. The lowest BCUT2D eigenvalue weighted by Crippen LogP contribution is -2.11. The molecule has 2 heterocycles. The monoisotopic (exact) mass is 270 g/mol. The molecule has 0 saturated heterocycles. The first-order valence-electron chi connectivity index (χ1n) is 4.76. The summed E-state index contributed by atoms with van der Waals surface area (Å²) in [6, 6.07) is 5.78. The van der Waals surface area contributed by atoms with Gasteiger partial charge in [-0.1, -0.05) is 17.7 Å². The molecule has 0 atom stereocenters.